The molecule has 0 aliphatic carbocycles. The molecule has 0 spiro atoms. The number of rotatable bonds is 2. The molecule has 0 saturated carbocycles. The van der Waals surface area contributed by atoms with Crippen LogP contribution in [0, 0.1) is 0 Å². The van der Waals surface area contributed by atoms with Gasteiger partial charge in [0.05, 0.1) is 5.69 Å². The average Bonchev–Trinajstić information content (AvgIpc) is 2.41. The summed E-state index contributed by atoms with van der Waals surface area (Å²) in [4.78, 5) is 0. The number of halogens is 1. The summed E-state index contributed by atoms with van der Waals surface area (Å²) < 4.78 is 0.989. The molecule has 0 radical (unpaired) electrons. The fraction of sp³-hybridized carbons (Fsp3) is 0. The van der Waals surface area contributed by atoms with Gasteiger partial charge in [-0.05, 0) is 48.6 Å². The van der Waals surface area contributed by atoms with Crippen molar-refractivity contribution in [3.8, 4) is 0 Å². The van der Waals surface area contributed by atoms with Crippen molar-refractivity contribution in [1.82, 2.24) is 0 Å². The molecule has 0 heterocycles. The predicted octanol–water partition coefficient (Wildman–Crippen LogP) is 4.04. The van der Waals surface area contributed by atoms with Gasteiger partial charge in [0.25, 0.3) is 0 Å². The van der Waals surface area contributed by atoms with E-state index in [2.05, 4.69) is 21.2 Å². The van der Waals surface area contributed by atoms with E-state index >= 15 is 0 Å². The summed E-state index contributed by atoms with van der Waals surface area (Å²) >= 11 is 8.48. The minimum atomic E-state index is 0.225. The molecule has 0 aromatic heterocycles. The first-order chi connectivity index (χ1) is 8.66. The summed E-state index contributed by atoms with van der Waals surface area (Å²) in [5, 5.41) is 14.0. The largest absolute Gasteiger partial charge is 0.331 e. The number of hydrogen-bond donors (Lipinski definition) is 2. The van der Waals surface area contributed by atoms with Crippen LogP contribution in [0.15, 0.2) is 59.1 Å². The van der Waals surface area contributed by atoms with E-state index in [0.717, 1.165) is 15.2 Å². The monoisotopic (exact) mass is 322 g/mol. The molecule has 5 heteroatoms. The summed E-state index contributed by atoms with van der Waals surface area (Å²) in [6.07, 6.45) is 0. The molecule has 0 bridgehead atoms. The van der Waals surface area contributed by atoms with E-state index in [4.69, 9.17) is 12.2 Å². The molecular formula is C13H11BrN2OS. The first-order valence-electron chi connectivity index (χ1n) is 5.27. The Morgan fingerprint density at radius 3 is 2.28 bits per heavy atom. The molecule has 0 aliphatic rings. The van der Waals surface area contributed by atoms with Crippen LogP contribution in [0.5, 0.6) is 0 Å². The average molecular weight is 323 g/mol. The summed E-state index contributed by atoms with van der Waals surface area (Å²) in [6.45, 7) is 0. The molecule has 3 nitrogen and oxygen atoms in total. The maximum Gasteiger partial charge on any atom is 0.202 e. The van der Waals surface area contributed by atoms with Crippen LogP contribution < -0.4 is 10.4 Å². The van der Waals surface area contributed by atoms with Crippen LogP contribution in [0.2, 0.25) is 0 Å². The summed E-state index contributed by atoms with van der Waals surface area (Å²) in [6, 6.07) is 16.6. The predicted molar refractivity (Wildman–Crippen MR) is 81.1 cm³/mol. The van der Waals surface area contributed by atoms with E-state index in [1.54, 1.807) is 12.1 Å². The van der Waals surface area contributed by atoms with E-state index < -0.39 is 0 Å². The van der Waals surface area contributed by atoms with Gasteiger partial charge in [0.1, 0.15) is 0 Å². The van der Waals surface area contributed by atoms with Gasteiger partial charge in [-0.1, -0.05) is 34.1 Å². The van der Waals surface area contributed by atoms with Gasteiger partial charge in [-0.15, -0.1) is 0 Å². The first-order valence-corrected chi connectivity index (χ1v) is 6.47. The third-order valence-corrected chi connectivity index (χ3v) is 3.09. The number of hydroxylamine groups is 1. The van der Waals surface area contributed by atoms with Gasteiger partial charge in [0.15, 0.2) is 0 Å². The quantitative estimate of drug-likeness (QED) is 0.646. The second-order valence-corrected chi connectivity index (χ2v) is 4.89. The molecule has 0 fully saturated rings. The van der Waals surface area contributed by atoms with E-state index in [-0.39, 0.29) is 5.11 Å². The fourth-order valence-corrected chi connectivity index (χ4v) is 1.88. The highest BCUT2D eigenvalue weighted by molar-refractivity contribution is 9.10. The van der Waals surface area contributed by atoms with Crippen molar-refractivity contribution in [2.45, 2.75) is 0 Å². The molecule has 0 atom stereocenters. The highest BCUT2D eigenvalue weighted by atomic mass is 79.9. The van der Waals surface area contributed by atoms with Crippen molar-refractivity contribution in [3.63, 3.8) is 0 Å². The Labute approximate surface area is 119 Å². The second kappa shape index (κ2) is 5.95. The van der Waals surface area contributed by atoms with Gasteiger partial charge < -0.3 is 5.32 Å². The lowest BCUT2D eigenvalue weighted by molar-refractivity contribution is 0.314. The van der Waals surface area contributed by atoms with Crippen molar-refractivity contribution in [2.75, 3.05) is 10.4 Å². The Bertz CT molecular complexity index is 530. The molecule has 0 unspecified atom stereocenters. The molecule has 92 valence electrons. The molecule has 2 N–H and O–H groups in total. The maximum absolute atomic E-state index is 9.93. The Balaban J connectivity index is 2.06. The number of para-hydroxylation sites is 1. The SMILES string of the molecule is ON(C(=S)Nc1ccc(Br)cc1)c1ccccc1. The van der Waals surface area contributed by atoms with Crippen LogP contribution in [0.4, 0.5) is 11.4 Å². The second-order valence-electron chi connectivity index (χ2n) is 3.58. The molecule has 0 aliphatic heterocycles. The Hall–Kier alpha value is -1.43. The third-order valence-electron chi connectivity index (χ3n) is 2.29. The highest BCUT2D eigenvalue weighted by Crippen LogP contribution is 2.16. The molecule has 2 rings (SSSR count). The van der Waals surface area contributed by atoms with Crippen molar-refractivity contribution in [3.05, 3.63) is 59.1 Å². The number of nitrogens with zero attached hydrogens (tertiary/aromatic N) is 1. The van der Waals surface area contributed by atoms with Crippen molar-refractivity contribution in [2.24, 2.45) is 0 Å². The molecule has 0 amide bonds. The lowest BCUT2D eigenvalue weighted by Gasteiger charge is -2.18. The maximum atomic E-state index is 9.93. The van der Waals surface area contributed by atoms with Crippen molar-refractivity contribution >= 4 is 44.6 Å². The zero-order valence-electron chi connectivity index (χ0n) is 9.38. The third kappa shape index (κ3) is 3.29. The smallest absolute Gasteiger partial charge is 0.202 e. The van der Waals surface area contributed by atoms with Gasteiger partial charge >= 0.3 is 0 Å². The van der Waals surface area contributed by atoms with Gasteiger partial charge in [0, 0.05) is 10.2 Å². The van der Waals surface area contributed by atoms with Crippen molar-refractivity contribution in [1.29, 1.82) is 0 Å². The topological polar surface area (TPSA) is 35.5 Å². The first kappa shape index (κ1) is 13.0. The zero-order chi connectivity index (χ0) is 13.0. The minimum absolute atomic E-state index is 0.225. The fourth-order valence-electron chi connectivity index (χ4n) is 1.40. The summed E-state index contributed by atoms with van der Waals surface area (Å²) in [5.74, 6) is 0. The molecule has 2 aromatic rings. The van der Waals surface area contributed by atoms with Crippen LogP contribution in [0.1, 0.15) is 0 Å². The lowest BCUT2D eigenvalue weighted by atomic mass is 10.3. The van der Waals surface area contributed by atoms with Gasteiger partial charge in [0.2, 0.25) is 5.11 Å². The van der Waals surface area contributed by atoms with Crippen LogP contribution in [-0.2, 0) is 0 Å². The highest BCUT2D eigenvalue weighted by Gasteiger charge is 2.08. The van der Waals surface area contributed by atoms with Crippen LogP contribution in [0.3, 0.4) is 0 Å². The zero-order valence-corrected chi connectivity index (χ0v) is 11.8. The number of hydrogen-bond acceptors (Lipinski definition) is 2. The normalized spacial score (nSPS) is 9.89. The summed E-state index contributed by atoms with van der Waals surface area (Å²) in [7, 11) is 0. The molecular weight excluding hydrogens is 312 g/mol. The Morgan fingerprint density at radius 2 is 1.67 bits per heavy atom. The molecule has 2 aromatic carbocycles. The Kier molecular flexibility index (Phi) is 4.30. The van der Waals surface area contributed by atoms with E-state index in [0.29, 0.717) is 5.69 Å². The number of thiocarbonyl (C=S) groups is 1. The van der Waals surface area contributed by atoms with Crippen LogP contribution in [0.25, 0.3) is 0 Å². The van der Waals surface area contributed by atoms with Crippen LogP contribution in [-0.4, -0.2) is 10.3 Å². The number of nitrogens with one attached hydrogen (secondary N) is 1. The van der Waals surface area contributed by atoms with Gasteiger partial charge in [-0.3, -0.25) is 5.21 Å². The van der Waals surface area contributed by atoms with Crippen LogP contribution >= 0.6 is 28.1 Å². The standard InChI is InChI=1S/C13H11BrN2OS/c14-10-6-8-11(9-7-10)15-13(18)16(17)12-4-2-1-3-5-12/h1-9,17H,(H,15,18). The molecule has 0 saturated heterocycles. The van der Waals surface area contributed by atoms with E-state index in [1.165, 1.54) is 0 Å². The van der Waals surface area contributed by atoms with Crippen molar-refractivity contribution < 1.29 is 5.21 Å². The van der Waals surface area contributed by atoms with Gasteiger partial charge in [-0.2, -0.15) is 5.06 Å². The Morgan fingerprint density at radius 1 is 1.06 bits per heavy atom. The lowest BCUT2D eigenvalue weighted by Crippen LogP contribution is -2.31. The number of benzene rings is 2. The van der Waals surface area contributed by atoms with E-state index in [1.807, 2.05) is 42.5 Å². The molecule has 18 heavy (non-hydrogen) atoms. The van der Waals surface area contributed by atoms with E-state index in [9.17, 15) is 5.21 Å². The minimum Gasteiger partial charge on any atom is -0.331 e. The number of anilines is 2. The summed E-state index contributed by atoms with van der Waals surface area (Å²) in [5.41, 5.74) is 1.44. The van der Waals surface area contributed by atoms with Gasteiger partial charge in [-0.25, -0.2) is 0 Å².